The third-order valence-electron chi connectivity index (χ3n) is 2.87. The van der Waals surface area contributed by atoms with Crippen molar-refractivity contribution in [1.29, 1.82) is 0 Å². The Morgan fingerprint density at radius 1 is 1.29 bits per heavy atom. The number of carbonyl (C=O) groups excluding carboxylic acids is 1. The molecule has 1 aromatic carbocycles. The fourth-order valence-electron chi connectivity index (χ4n) is 1.91. The number of ether oxygens (including phenoxy) is 1. The molecule has 0 aliphatic carbocycles. The number of pyridine rings is 1. The fraction of sp³-hybridized carbons (Fsp3) is 0.286. The van der Waals surface area contributed by atoms with Crippen LogP contribution in [0.15, 0.2) is 36.4 Å². The van der Waals surface area contributed by atoms with Gasteiger partial charge in [-0.15, -0.1) is 0 Å². The molecule has 2 aromatic rings. The quantitative estimate of drug-likeness (QED) is 0.760. The highest BCUT2D eigenvalue weighted by Crippen LogP contribution is 2.21. The van der Waals surface area contributed by atoms with E-state index in [4.69, 9.17) is 4.74 Å². The lowest BCUT2D eigenvalue weighted by atomic mass is 10.0. The molecule has 1 unspecified atom stereocenters. The third kappa shape index (κ3) is 2.28. The summed E-state index contributed by atoms with van der Waals surface area (Å²) < 4.78 is 4.79. The Balaban J connectivity index is 2.44. The van der Waals surface area contributed by atoms with E-state index in [0.29, 0.717) is 6.42 Å². The van der Waals surface area contributed by atoms with Gasteiger partial charge >= 0.3 is 5.97 Å². The second kappa shape index (κ2) is 4.95. The van der Waals surface area contributed by atoms with E-state index in [9.17, 15) is 4.79 Å². The molecular formula is C14H15NO2. The summed E-state index contributed by atoms with van der Waals surface area (Å²) in [6, 6.07) is 11.8. The molecule has 0 bridgehead atoms. The molecule has 0 aliphatic heterocycles. The summed E-state index contributed by atoms with van der Waals surface area (Å²) in [5, 5.41) is 1.08. The maximum Gasteiger partial charge on any atom is 0.314 e. The number of rotatable bonds is 3. The molecule has 0 amide bonds. The van der Waals surface area contributed by atoms with Crippen molar-refractivity contribution in [2.45, 2.75) is 19.3 Å². The molecule has 3 nitrogen and oxygen atoms in total. The maximum absolute atomic E-state index is 11.6. The van der Waals surface area contributed by atoms with Crippen LogP contribution in [-0.4, -0.2) is 18.1 Å². The first kappa shape index (κ1) is 11.6. The van der Waals surface area contributed by atoms with Crippen LogP contribution in [0.3, 0.4) is 0 Å². The minimum absolute atomic E-state index is 0.227. The first-order chi connectivity index (χ1) is 8.26. The minimum Gasteiger partial charge on any atom is -0.469 e. The predicted octanol–water partition coefficient (Wildman–Crippen LogP) is 2.90. The summed E-state index contributed by atoms with van der Waals surface area (Å²) in [7, 11) is 1.41. The molecule has 0 aliphatic rings. The molecule has 0 saturated heterocycles. The van der Waals surface area contributed by atoms with Crippen LogP contribution in [0.2, 0.25) is 0 Å². The van der Waals surface area contributed by atoms with Gasteiger partial charge < -0.3 is 4.74 Å². The van der Waals surface area contributed by atoms with E-state index in [2.05, 4.69) is 4.98 Å². The molecule has 17 heavy (non-hydrogen) atoms. The van der Waals surface area contributed by atoms with Crippen molar-refractivity contribution in [2.75, 3.05) is 7.11 Å². The van der Waals surface area contributed by atoms with Crippen LogP contribution in [0.1, 0.15) is 25.0 Å². The van der Waals surface area contributed by atoms with Gasteiger partial charge in [-0.3, -0.25) is 9.78 Å². The van der Waals surface area contributed by atoms with Gasteiger partial charge in [-0.1, -0.05) is 31.2 Å². The minimum atomic E-state index is -0.274. The molecule has 0 saturated carbocycles. The van der Waals surface area contributed by atoms with Gasteiger partial charge in [0.05, 0.1) is 24.2 Å². The number of esters is 1. The lowest BCUT2D eigenvalue weighted by Gasteiger charge is -2.12. The highest BCUT2D eigenvalue weighted by Gasteiger charge is 2.20. The molecule has 0 radical (unpaired) electrons. The monoisotopic (exact) mass is 229 g/mol. The van der Waals surface area contributed by atoms with Gasteiger partial charge in [0.25, 0.3) is 0 Å². The standard InChI is InChI=1S/C14H15NO2/c1-3-11(14(16)17-2)13-9-8-10-6-4-5-7-12(10)15-13/h4-9,11H,3H2,1-2H3. The maximum atomic E-state index is 11.6. The molecule has 1 atom stereocenters. The first-order valence-corrected chi connectivity index (χ1v) is 5.69. The van der Waals surface area contributed by atoms with Crippen molar-refractivity contribution < 1.29 is 9.53 Å². The van der Waals surface area contributed by atoms with Gasteiger partial charge in [0, 0.05) is 5.39 Å². The predicted molar refractivity (Wildman–Crippen MR) is 66.8 cm³/mol. The third-order valence-corrected chi connectivity index (χ3v) is 2.87. The molecule has 3 heteroatoms. The molecule has 2 rings (SSSR count). The summed E-state index contributed by atoms with van der Waals surface area (Å²) in [6.45, 7) is 1.96. The number of benzene rings is 1. The molecular weight excluding hydrogens is 214 g/mol. The molecule has 0 fully saturated rings. The lowest BCUT2D eigenvalue weighted by Crippen LogP contribution is -2.14. The van der Waals surface area contributed by atoms with Crippen LogP contribution in [0.4, 0.5) is 0 Å². The summed E-state index contributed by atoms with van der Waals surface area (Å²) in [6.07, 6.45) is 0.692. The van der Waals surface area contributed by atoms with E-state index < -0.39 is 0 Å². The van der Waals surface area contributed by atoms with Crippen molar-refractivity contribution in [1.82, 2.24) is 4.98 Å². The first-order valence-electron chi connectivity index (χ1n) is 5.69. The smallest absolute Gasteiger partial charge is 0.314 e. The van der Waals surface area contributed by atoms with Gasteiger partial charge in [0.1, 0.15) is 0 Å². The number of para-hydroxylation sites is 1. The lowest BCUT2D eigenvalue weighted by molar-refractivity contribution is -0.142. The highest BCUT2D eigenvalue weighted by atomic mass is 16.5. The SMILES string of the molecule is CCC(C(=O)OC)c1ccc2ccccc2n1. The molecule has 1 aromatic heterocycles. The summed E-state index contributed by atoms with van der Waals surface area (Å²) in [5.41, 5.74) is 1.69. The Morgan fingerprint density at radius 2 is 2.06 bits per heavy atom. The Kier molecular flexibility index (Phi) is 3.38. The number of carbonyl (C=O) groups is 1. The molecule has 88 valence electrons. The van der Waals surface area contributed by atoms with Crippen LogP contribution in [0.25, 0.3) is 10.9 Å². The second-order valence-electron chi connectivity index (χ2n) is 3.91. The van der Waals surface area contributed by atoms with Crippen LogP contribution < -0.4 is 0 Å². The van der Waals surface area contributed by atoms with Gasteiger partial charge in [0.2, 0.25) is 0 Å². The number of nitrogens with zero attached hydrogens (tertiary/aromatic N) is 1. The Labute approximate surface area is 100 Å². The highest BCUT2D eigenvalue weighted by molar-refractivity contribution is 5.81. The number of hydrogen-bond donors (Lipinski definition) is 0. The largest absolute Gasteiger partial charge is 0.469 e. The summed E-state index contributed by atoms with van der Waals surface area (Å²) in [5.74, 6) is -0.500. The Hall–Kier alpha value is -1.90. The average molecular weight is 229 g/mol. The summed E-state index contributed by atoms with van der Waals surface area (Å²) >= 11 is 0. The summed E-state index contributed by atoms with van der Waals surface area (Å²) in [4.78, 5) is 16.1. The van der Waals surface area contributed by atoms with E-state index in [1.54, 1.807) is 0 Å². The van der Waals surface area contributed by atoms with E-state index >= 15 is 0 Å². The van der Waals surface area contributed by atoms with Crippen molar-refractivity contribution in [2.24, 2.45) is 0 Å². The van der Waals surface area contributed by atoms with Crippen molar-refractivity contribution in [3.05, 3.63) is 42.1 Å². The van der Waals surface area contributed by atoms with Gasteiger partial charge in [-0.25, -0.2) is 0 Å². The van der Waals surface area contributed by atoms with Gasteiger partial charge in [0.15, 0.2) is 0 Å². The van der Waals surface area contributed by atoms with Gasteiger partial charge in [-0.2, -0.15) is 0 Å². The van der Waals surface area contributed by atoms with Gasteiger partial charge in [-0.05, 0) is 18.6 Å². The zero-order chi connectivity index (χ0) is 12.3. The molecule has 0 spiro atoms. The molecule has 0 N–H and O–H groups in total. The Morgan fingerprint density at radius 3 is 2.76 bits per heavy atom. The van der Waals surface area contributed by atoms with Crippen molar-refractivity contribution >= 4 is 16.9 Å². The molecule has 1 heterocycles. The fourth-order valence-corrected chi connectivity index (χ4v) is 1.91. The zero-order valence-corrected chi connectivity index (χ0v) is 10.0. The number of hydrogen-bond acceptors (Lipinski definition) is 3. The van der Waals surface area contributed by atoms with Crippen molar-refractivity contribution in [3.8, 4) is 0 Å². The zero-order valence-electron chi connectivity index (χ0n) is 10.0. The normalized spacial score (nSPS) is 12.4. The number of methoxy groups -OCH3 is 1. The second-order valence-corrected chi connectivity index (χ2v) is 3.91. The number of aromatic nitrogens is 1. The van der Waals surface area contributed by atoms with E-state index in [0.717, 1.165) is 16.6 Å². The van der Waals surface area contributed by atoms with E-state index in [-0.39, 0.29) is 11.9 Å². The van der Waals surface area contributed by atoms with Crippen LogP contribution in [0, 0.1) is 0 Å². The van der Waals surface area contributed by atoms with Crippen LogP contribution in [0.5, 0.6) is 0 Å². The van der Waals surface area contributed by atoms with E-state index in [1.807, 2.05) is 43.3 Å². The Bertz CT molecular complexity index is 536. The van der Waals surface area contributed by atoms with Crippen LogP contribution in [-0.2, 0) is 9.53 Å². The van der Waals surface area contributed by atoms with Crippen LogP contribution >= 0.6 is 0 Å². The topological polar surface area (TPSA) is 39.2 Å². The average Bonchev–Trinajstić information content (AvgIpc) is 2.39. The van der Waals surface area contributed by atoms with E-state index in [1.165, 1.54) is 7.11 Å². The number of fused-ring (bicyclic) bond motifs is 1. The van der Waals surface area contributed by atoms with Crippen molar-refractivity contribution in [3.63, 3.8) is 0 Å².